The molecule has 0 amide bonds. The lowest BCUT2D eigenvalue weighted by atomic mass is 10.1. The average Bonchev–Trinajstić information content (AvgIpc) is 1.94. The van der Waals surface area contributed by atoms with Gasteiger partial charge >= 0.3 is 0 Å². The van der Waals surface area contributed by atoms with Gasteiger partial charge in [0.1, 0.15) is 5.82 Å². The normalized spacial score (nSPS) is 10.8. The molecule has 0 spiro atoms. The summed E-state index contributed by atoms with van der Waals surface area (Å²) in [6.45, 7) is 4.09. The zero-order valence-electron chi connectivity index (χ0n) is 7.14. The van der Waals surface area contributed by atoms with Crippen molar-refractivity contribution >= 4 is 15.9 Å². The molecule has 0 unspecified atom stereocenters. The van der Waals surface area contributed by atoms with Gasteiger partial charge in [-0.05, 0) is 34.3 Å². The summed E-state index contributed by atoms with van der Waals surface area (Å²) in [5, 5.41) is 0. The van der Waals surface area contributed by atoms with Crippen molar-refractivity contribution in [1.82, 2.24) is 4.98 Å². The molecule has 0 atom stereocenters. The van der Waals surface area contributed by atoms with Crippen LogP contribution in [0.4, 0.5) is 4.39 Å². The molecule has 0 radical (unpaired) electrons. The van der Waals surface area contributed by atoms with E-state index in [-0.39, 0.29) is 5.82 Å². The highest BCUT2D eigenvalue weighted by Gasteiger charge is 2.05. The summed E-state index contributed by atoms with van der Waals surface area (Å²) in [7, 11) is 0. The molecule has 0 aliphatic carbocycles. The lowest BCUT2D eigenvalue weighted by Crippen LogP contribution is -2.00. The molecule has 0 saturated carbocycles. The Morgan fingerprint density at radius 3 is 2.75 bits per heavy atom. The zero-order chi connectivity index (χ0) is 9.14. The summed E-state index contributed by atoms with van der Waals surface area (Å²) in [6.07, 6.45) is 2.32. The van der Waals surface area contributed by atoms with Gasteiger partial charge in [0.05, 0.1) is 5.69 Å². The third-order valence-electron chi connectivity index (χ3n) is 1.49. The molecule has 1 aromatic rings. The van der Waals surface area contributed by atoms with Crippen molar-refractivity contribution in [3.05, 3.63) is 28.2 Å². The van der Waals surface area contributed by atoms with Crippen LogP contribution in [0.1, 0.15) is 19.5 Å². The van der Waals surface area contributed by atoms with E-state index in [1.165, 1.54) is 6.07 Å². The quantitative estimate of drug-likeness (QED) is 0.763. The Kier molecular flexibility index (Phi) is 3.20. The van der Waals surface area contributed by atoms with Crippen LogP contribution in [-0.4, -0.2) is 4.98 Å². The van der Waals surface area contributed by atoms with Crippen molar-refractivity contribution in [3.8, 4) is 0 Å². The molecule has 3 heteroatoms. The van der Waals surface area contributed by atoms with Crippen LogP contribution in [0.5, 0.6) is 0 Å². The van der Waals surface area contributed by atoms with Crippen molar-refractivity contribution in [2.24, 2.45) is 5.92 Å². The lowest BCUT2D eigenvalue weighted by Gasteiger charge is -2.04. The van der Waals surface area contributed by atoms with Crippen LogP contribution in [0.2, 0.25) is 0 Å². The summed E-state index contributed by atoms with van der Waals surface area (Å²) >= 11 is 3.16. The van der Waals surface area contributed by atoms with Gasteiger partial charge in [0.25, 0.3) is 0 Å². The molecule has 0 N–H and O–H groups in total. The van der Waals surface area contributed by atoms with Crippen LogP contribution >= 0.6 is 15.9 Å². The van der Waals surface area contributed by atoms with Gasteiger partial charge in [0, 0.05) is 10.7 Å². The number of aromatic nitrogens is 1. The molecule has 0 bridgehead atoms. The second kappa shape index (κ2) is 3.99. The van der Waals surface area contributed by atoms with Crippen LogP contribution in [0.25, 0.3) is 0 Å². The van der Waals surface area contributed by atoms with Gasteiger partial charge in [-0.2, -0.15) is 0 Å². The Bertz CT molecular complexity index is 273. The van der Waals surface area contributed by atoms with Crippen LogP contribution in [0.3, 0.4) is 0 Å². The maximum Gasteiger partial charge on any atom is 0.145 e. The Morgan fingerprint density at radius 1 is 1.58 bits per heavy atom. The van der Waals surface area contributed by atoms with Gasteiger partial charge in [-0.3, -0.25) is 4.98 Å². The van der Waals surface area contributed by atoms with Gasteiger partial charge in [-0.25, -0.2) is 4.39 Å². The fraction of sp³-hybridized carbons (Fsp3) is 0.444. The predicted octanol–water partition coefficient (Wildman–Crippen LogP) is 3.18. The Labute approximate surface area is 80.1 Å². The van der Waals surface area contributed by atoms with Crippen LogP contribution < -0.4 is 0 Å². The first kappa shape index (κ1) is 9.65. The van der Waals surface area contributed by atoms with Gasteiger partial charge in [0.15, 0.2) is 0 Å². The third kappa shape index (κ3) is 2.55. The smallest absolute Gasteiger partial charge is 0.145 e. The van der Waals surface area contributed by atoms with Crippen LogP contribution in [0, 0.1) is 11.7 Å². The largest absolute Gasteiger partial charge is 0.257 e. The Morgan fingerprint density at radius 2 is 2.25 bits per heavy atom. The molecule has 0 saturated heterocycles. The monoisotopic (exact) mass is 231 g/mol. The van der Waals surface area contributed by atoms with Gasteiger partial charge < -0.3 is 0 Å². The fourth-order valence-electron chi connectivity index (χ4n) is 0.980. The zero-order valence-corrected chi connectivity index (χ0v) is 8.73. The van der Waals surface area contributed by atoms with Crippen LogP contribution in [0.15, 0.2) is 16.7 Å². The van der Waals surface area contributed by atoms with Crippen molar-refractivity contribution in [2.45, 2.75) is 20.3 Å². The highest BCUT2D eigenvalue weighted by molar-refractivity contribution is 9.10. The summed E-state index contributed by atoms with van der Waals surface area (Å²) in [5.74, 6) is 0.214. The van der Waals surface area contributed by atoms with Gasteiger partial charge in [-0.15, -0.1) is 0 Å². The van der Waals surface area contributed by atoms with E-state index >= 15 is 0 Å². The first-order chi connectivity index (χ1) is 5.59. The van der Waals surface area contributed by atoms with E-state index in [0.29, 0.717) is 22.5 Å². The molecule has 1 heterocycles. The number of hydrogen-bond donors (Lipinski definition) is 0. The molecule has 0 fully saturated rings. The van der Waals surface area contributed by atoms with Crippen LogP contribution in [-0.2, 0) is 6.42 Å². The maximum atomic E-state index is 13.1. The molecule has 1 rings (SSSR count). The van der Waals surface area contributed by atoms with Gasteiger partial charge in [0.2, 0.25) is 0 Å². The highest BCUT2D eigenvalue weighted by Crippen LogP contribution is 2.14. The molecular formula is C9H11BrFN. The molecule has 0 aromatic carbocycles. The topological polar surface area (TPSA) is 12.9 Å². The van der Waals surface area contributed by atoms with Crippen molar-refractivity contribution < 1.29 is 4.39 Å². The summed E-state index contributed by atoms with van der Waals surface area (Å²) in [4.78, 5) is 4.00. The Balaban J connectivity index is 2.86. The highest BCUT2D eigenvalue weighted by atomic mass is 79.9. The lowest BCUT2D eigenvalue weighted by molar-refractivity contribution is 0.559. The summed E-state index contributed by atoms with van der Waals surface area (Å²) in [5.41, 5.74) is 0.549. The molecule has 1 aromatic heterocycles. The van der Waals surface area contributed by atoms with E-state index in [1.807, 2.05) is 13.8 Å². The number of hydrogen-bond acceptors (Lipinski definition) is 1. The van der Waals surface area contributed by atoms with E-state index in [0.717, 1.165) is 0 Å². The Hall–Kier alpha value is -0.440. The molecule has 66 valence electrons. The van der Waals surface area contributed by atoms with E-state index in [1.54, 1.807) is 6.20 Å². The van der Waals surface area contributed by atoms with Crippen molar-refractivity contribution in [1.29, 1.82) is 0 Å². The average molecular weight is 232 g/mol. The minimum atomic E-state index is -0.224. The molecule has 12 heavy (non-hydrogen) atoms. The van der Waals surface area contributed by atoms with E-state index in [2.05, 4.69) is 20.9 Å². The standard InChI is InChI=1S/C9H11BrFN/c1-6(2)3-9-8(11)4-7(10)5-12-9/h4-6H,3H2,1-2H3. The number of rotatable bonds is 2. The number of nitrogens with zero attached hydrogens (tertiary/aromatic N) is 1. The number of halogens is 2. The first-order valence-corrected chi connectivity index (χ1v) is 4.69. The molecular weight excluding hydrogens is 221 g/mol. The predicted molar refractivity (Wildman–Crippen MR) is 50.4 cm³/mol. The van der Waals surface area contributed by atoms with Crippen molar-refractivity contribution in [2.75, 3.05) is 0 Å². The second-order valence-corrected chi connectivity index (χ2v) is 4.10. The number of pyridine rings is 1. The minimum Gasteiger partial charge on any atom is -0.257 e. The van der Waals surface area contributed by atoms with Gasteiger partial charge in [-0.1, -0.05) is 13.8 Å². The molecule has 0 aliphatic heterocycles. The van der Waals surface area contributed by atoms with E-state index < -0.39 is 0 Å². The summed E-state index contributed by atoms with van der Waals surface area (Å²) in [6, 6.07) is 1.45. The summed E-state index contributed by atoms with van der Waals surface area (Å²) < 4.78 is 13.8. The SMILES string of the molecule is CC(C)Cc1ncc(Br)cc1F. The van der Waals surface area contributed by atoms with Crippen molar-refractivity contribution in [3.63, 3.8) is 0 Å². The third-order valence-corrected chi connectivity index (χ3v) is 1.92. The first-order valence-electron chi connectivity index (χ1n) is 3.89. The maximum absolute atomic E-state index is 13.1. The minimum absolute atomic E-state index is 0.224. The molecule has 0 aliphatic rings. The van der Waals surface area contributed by atoms with E-state index in [4.69, 9.17) is 0 Å². The van der Waals surface area contributed by atoms with E-state index in [9.17, 15) is 4.39 Å². The fourth-order valence-corrected chi connectivity index (χ4v) is 1.28. The second-order valence-electron chi connectivity index (χ2n) is 3.18. The molecule has 1 nitrogen and oxygen atoms in total.